The van der Waals surface area contributed by atoms with Gasteiger partial charge >= 0.3 is 0 Å². The summed E-state index contributed by atoms with van der Waals surface area (Å²) in [5.41, 5.74) is 7.63. The maximum atomic E-state index is 6.17. The van der Waals surface area contributed by atoms with Gasteiger partial charge in [-0.1, -0.05) is 18.0 Å². The Morgan fingerprint density at radius 1 is 1.53 bits per heavy atom. The minimum Gasteiger partial charge on any atom is -0.440 e. The van der Waals surface area contributed by atoms with Crippen molar-refractivity contribution in [3.63, 3.8) is 0 Å². The second kappa shape index (κ2) is 3.72. The summed E-state index contributed by atoms with van der Waals surface area (Å²) in [7, 11) is 0. The minimum atomic E-state index is -0.133. The van der Waals surface area contributed by atoms with Crippen molar-refractivity contribution in [1.82, 2.24) is 4.98 Å². The molecule has 0 aliphatic heterocycles. The van der Waals surface area contributed by atoms with Gasteiger partial charge in [-0.2, -0.15) is 0 Å². The van der Waals surface area contributed by atoms with Gasteiger partial charge in [-0.15, -0.1) is 0 Å². The first-order chi connectivity index (χ1) is 8.09. The fraction of sp³-hybridized carbons (Fsp3) is 0.462. The van der Waals surface area contributed by atoms with E-state index < -0.39 is 0 Å². The quantitative estimate of drug-likeness (QED) is 0.845. The number of rotatable bonds is 1. The Balaban J connectivity index is 2.12. The lowest BCUT2D eigenvalue weighted by molar-refractivity contribution is 0.332. The molecule has 17 heavy (non-hydrogen) atoms. The standard InChI is InChI=1S/C13H15ClN2O/c1-13(6-2-3-11(13)15)12-16-9-7-8(14)4-5-10(9)17-12/h4-5,7,11H,2-3,6,15H2,1H3. The van der Waals surface area contributed by atoms with Crippen LogP contribution in [0.4, 0.5) is 0 Å². The highest BCUT2D eigenvalue weighted by molar-refractivity contribution is 6.31. The van der Waals surface area contributed by atoms with Crippen molar-refractivity contribution < 1.29 is 4.42 Å². The van der Waals surface area contributed by atoms with Crippen molar-refractivity contribution in [1.29, 1.82) is 0 Å². The molecule has 0 bridgehead atoms. The summed E-state index contributed by atoms with van der Waals surface area (Å²) in [6.45, 7) is 2.14. The predicted octanol–water partition coefficient (Wildman–Crippen LogP) is 3.25. The average Bonchev–Trinajstić information content (AvgIpc) is 2.84. The maximum absolute atomic E-state index is 6.17. The molecule has 1 aromatic carbocycles. The van der Waals surface area contributed by atoms with Crippen molar-refractivity contribution in [2.45, 2.75) is 37.6 Å². The van der Waals surface area contributed by atoms with E-state index >= 15 is 0 Å². The van der Waals surface area contributed by atoms with Crippen LogP contribution in [0.1, 0.15) is 32.1 Å². The summed E-state index contributed by atoms with van der Waals surface area (Å²) in [5.74, 6) is 0.750. The first kappa shape index (κ1) is 11.1. The number of fused-ring (bicyclic) bond motifs is 1. The third kappa shape index (κ3) is 1.65. The molecule has 1 aliphatic carbocycles. The van der Waals surface area contributed by atoms with Gasteiger partial charge in [0.2, 0.25) is 5.89 Å². The second-order valence-electron chi connectivity index (χ2n) is 5.05. The van der Waals surface area contributed by atoms with Crippen LogP contribution in [-0.4, -0.2) is 11.0 Å². The zero-order valence-electron chi connectivity index (χ0n) is 9.74. The summed E-state index contributed by atoms with van der Waals surface area (Å²) in [6.07, 6.45) is 3.21. The van der Waals surface area contributed by atoms with Gasteiger partial charge in [0.15, 0.2) is 5.58 Å². The molecule has 1 aliphatic rings. The Hall–Kier alpha value is -1.06. The molecule has 2 atom stereocenters. The highest BCUT2D eigenvalue weighted by Crippen LogP contribution is 2.40. The van der Waals surface area contributed by atoms with Gasteiger partial charge in [-0.05, 0) is 38.0 Å². The third-order valence-corrected chi connectivity index (χ3v) is 4.10. The van der Waals surface area contributed by atoms with E-state index in [0.717, 1.165) is 36.3 Å². The summed E-state index contributed by atoms with van der Waals surface area (Å²) < 4.78 is 5.83. The molecule has 1 aromatic heterocycles. The zero-order valence-corrected chi connectivity index (χ0v) is 10.5. The molecule has 0 radical (unpaired) electrons. The van der Waals surface area contributed by atoms with E-state index in [1.165, 1.54) is 0 Å². The summed E-state index contributed by atoms with van der Waals surface area (Å²) in [5, 5.41) is 0.679. The number of hydrogen-bond donors (Lipinski definition) is 1. The lowest BCUT2D eigenvalue weighted by Crippen LogP contribution is -2.38. The average molecular weight is 251 g/mol. The van der Waals surface area contributed by atoms with Crippen LogP contribution in [0.5, 0.6) is 0 Å². The molecular weight excluding hydrogens is 236 g/mol. The first-order valence-electron chi connectivity index (χ1n) is 5.92. The molecule has 0 amide bonds. The van der Waals surface area contributed by atoms with Crippen LogP contribution in [0, 0.1) is 0 Å². The first-order valence-corrected chi connectivity index (χ1v) is 6.29. The Labute approximate surface area is 105 Å². The summed E-state index contributed by atoms with van der Waals surface area (Å²) >= 11 is 5.94. The van der Waals surface area contributed by atoms with Crippen molar-refractivity contribution in [3.05, 3.63) is 29.1 Å². The number of nitrogens with zero attached hydrogens (tertiary/aromatic N) is 1. The van der Waals surface area contributed by atoms with E-state index in [9.17, 15) is 0 Å². The molecule has 2 unspecified atom stereocenters. The van der Waals surface area contributed by atoms with Crippen LogP contribution in [0.25, 0.3) is 11.1 Å². The van der Waals surface area contributed by atoms with E-state index in [0.29, 0.717) is 5.02 Å². The molecule has 90 valence electrons. The molecule has 1 saturated carbocycles. The third-order valence-electron chi connectivity index (χ3n) is 3.87. The molecular formula is C13H15ClN2O. The molecule has 0 spiro atoms. The Morgan fingerprint density at radius 2 is 2.35 bits per heavy atom. The maximum Gasteiger partial charge on any atom is 0.202 e. The normalized spacial score (nSPS) is 29.0. The Bertz CT molecular complexity index is 566. The predicted molar refractivity (Wildman–Crippen MR) is 68.2 cm³/mol. The van der Waals surface area contributed by atoms with E-state index in [4.69, 9.17) is 21.8 Å². The van der Waals surface area contributed by atoms with E-state index in [1.807, 2.05) is 18.2 Å². The lowest BCUT2D eigenvalue weighted by Gasteiger charge is -2.24. The van der Waals surface area contributed by atoms with Crippen LogP contribution in [-0.2, 0) is 5.41 Å². The monoisotopic (exact) mass is 250 g/mol. The summed E-state index contributed by atoms with van der Waals surface area (Å²) in [4.78, 5) is 4.55. The minimum absolute atomic E-state index is 0.131. The number of hydrogen-bond acceptors (Lipinski definition) is 3. The van der Waals surface area contributed by atoms with Crippen molar-refractivity contribution in [3.8, 4) is 0 Å². The lowest BCUT2D eigenvalue weighted by atomic mass is 9.85. The zero-order chi connectivity index (χ0) is 12.0. The van der Waals surface area contributed by atoms with Crippen LogP contribution in [0.2, 0.25) is 5.02 Å². The van der Waals surface area contributed by atoms with Gasteiger partial charge in [0.1, 0.15) is 5.52 Å². The number of halogens is 1. The molecule has 4 heteroatoms. The Kier molecular flexibility index (Phi) is 2.42. The van der Waals surface area contributed by atoms with Crippen LogP contribution in [0.3, 0.4) is 0 Å². The van der Waals surface area contributed by atoms with Crippen LogP contribution in [0.15, 0.2) is 22.6 Å². The van der Waals surface area contributed by atoms with Crippen molar-refractivity contribution in [2.75, 3.05) is 0 Å². The van der Waals surface area contributed by atoms with Gasteiger partial charge < -0.3 is 10.2 Å². The smallest absolute Gasteiger partial charge is 0.202 e. The SMILES string of the molecule is CC1(c2nc3cc(Cl)ccc3o2)CCCC1N. The number of aromatic nitrogens is 1. The van der Waals surface area contributed by atoms with Crippen molar-refractivity contribution in [2.24, 2.45) is 5.73 Å². The van der Waals surface area contributed by atoms with Gasteiger partial charge in [-0.25, -0.2) is 4.98 Å². The molecule has 1 heterocycles. The number of oxazole rings is 1. The molecule has 1 fully saturated rings. The van der Waals surface area contributed by atoms with Crippen molar-refractivity contribution >= 4 is 22.7 Å². The molecule has 3 nitrogen and oxygen atoms in total. The second-order valence-corrected chi connectivity index (χ2v) is 5.48. The molecule has 2 N–H and O–H groups in total. The largest absolute Gasteiger partial charge is 0.440 e. The fourth-order valence-electron chi connectivity index (χ4n) is 2.60. The number of benzene rings is 1. The molecule has 2 aromatic rings. The van der Waals surface area contributed by atoms with Gasteiger partial charge in [0, 0.05) is 11.1 Å². The van der Waals surface area contributed by atoms with Crippen LogP contribution < -0.4 is 5.73 Å². The van der Waals surface area contributed by atoms with Gasteiger partial charge in [-0.3, -0.25) is 0 Å². The number of nitrogens with two attached hydrogens (primary N) is 1. The van der Waals surface area contributed by atoms with Gasteiger partial charge in [0.25, 0.3) is 0 Å². The molecule has 3 rings (SSSR count). The topological polar surface area (TPSA) is 52.0 Å². The van der Waals surface area contributed by atoms with E-state index in [1.54, 1.807) is 0 Å². The van der Waals surface area contributed by atoms with E-state index in [2.05, 4.69) is 11.9 Å². The van der Waals surface area contributed by atoms with E-state index in [-0.39, 0.29) is 11.5 Å². The molecule has 0 saturated heterocycles. The van der Waals surface area contributed by atoms with Crippen LogP contribution >= 0.6 is 11.6 Å². The van der Waals surface area contributed by atoms with Gasteiger partial charge in [0.05, 0.1) is 5.41 Å². The fourth-order valence-corrected chi connectivity index (χ4v) is 2.77. The highest BCUT2D eigenvalue weighted by Gasteiger charge is 2.42. The Morgan fingerprint density at radius 3 is 3.06 bits per heavy atom. The summed E-state index contributed by atoms with van der Waals surface area (Å²) in [6, 6.07) is 5.63. The highest BCUT2D eigenvalue weighted by atomic mass is 35.5.